The van der Waals surface area contributed by atoms with E-state index < -0.39 is 0 Å². The summed E-state index contributed by atoms with van der Waals surface area (Å²) in [6, 6.07) is 5.80. The Labute approximate surface area is 112 Å². The SMILES string of the molecule is CN1C(=O)C(C2CCCC2)Sc2cc(N)ccc21. The fraction of sp³-hybridized carbons (Fsp3) is 0.500. The lowest BCUT2D eigenvalue weighted by Gasteiger charge is -2.34. The zero-order valence-electron chi connectivity index (χ0n) is 10.6. The molecule has 18 heavy (non-hydrogen) atoms. The summed E-state index contributed by atoms with van der Waals surface area (Å²) in [7, 11) is 1.87. The van der Waals surface area contributed by atoms with Crippen molar-refractivity contribution in [2.45, 2.75) is 35.8 Å². The summed E-state index contributed by atoms with van der Waals surface area (Å²) < 4.78 is 0. The molecule has 0 spiro atoms. The second kappa shape index (κ2) is 4.50. The minimum atomic E-state index is 0.0896. The molecule has 2 aliphatic rings. The number of rotatable bonds is 1. The van der Waals surface area contributed by atoms with E-state index >= 15 is 0 Å². The van der Waals surface area contributed by atoms with E-state index in [4.69, 9.17) is 5.73 Å². The van der Waals surface area contributed by atoms with Crippen LogP contribution in [0.1, 0.15) is 25.7 Å². The quantitative estimate of drug-likeness (QED) is 0.792. The minimum Gasteiger partial charge on any atom is -0.399 e. The van der Waals surface area contributed by atoms with Crippen LogP contribution in [-0.2, 0) is 4.79 Å². The first-order valence-corrected chi connectivity index (χ1v) is 7.38. The Morgan fingerprint density at radius 1 is 1.33 bits per heavy atom. The molecule has 3 rings (SSSR count). The van der Waals surface area contributed by atoms with Crippen LogP contribution in [0.5, 0.6) is 0 Å². The molecular formula is C14H18N2OS. The fourth-order valence-electron chi connectivity index (χ4n) is 2.96. The van der Waals surface area contributed by atoms with Crippen molar-refractivity contribution >= 4 is 29.0 Å². The van der Waals surface area contributed by atoms with Gasteiger partial charge in [0.25, 0.3) is 0 Å². The molecule has 1 heterocycles. The maximum atomic E-state index is 12.4. The van der Waals surface area contributed by atoms with Crippen LogP contribution in [0.4, 0.5) is 11.4 Å². The Bertz CT molecular complexity index is 483. The van der Waals surface area contributed by atoms with Crippen molar-refractivity contribution in [3.63, 3.8) is 0 Å². The van der Waals surface area contributed by atoms with E-state index in [0.717, 1.165) is 16.3 Å². The first-order chi connectivity index (χ1) is 8.66. The third-order valence-corrected chi connectivity index (χ3v) is 5.42. The number of fused-ring (bicyclic) bond motifs is 1. The highest BCUT2D eigenvalue weighted by Gasteiger charge is 2.37. The lowest BCUT2D eigenvalue weighted by Crippen LogP contribution is -2.41. The molecule has 0 radical (unpaired) electrons. The summed E-state index contributed by atoms with van der Waals surface area (Å²) >= 11 is 1.71. The van der Waals surface area contributed by atoms with Gasteiger partial charge in [-0.3, -0.25) is 4.79 Å². The second-order valence-electron chi connectivity index (χ2n) is 5.21. The van der Waals surface area contributed by atoms with Crippen molar-refractivity contribution in [3.05, 3.63) is 18.2 Å². The van der Waals surface area contributed by atoms with Crippen molar-refractivity contribution in [1.29, 1.82) is 0 Å². The van der Waals surface area contributed by atoms with Crippen LogP contribution < -0.4 is 10.6 Å². The number of nitrogens with zero attached hydrogens (tertiary/aromatic N) is 1. The van der Waals surface area contributed by atoms with Crippen LogP contribution in [0.15, 0.2) is 23.1 Å². The molecule has 96 valence electrons. The lowest BCUT2D eigenvalue weighted by atomic mass is 10.0. The van der Waals surface area contributed by atoms with Gasteiger partial charge in [-0.2, -0.15) is 0 Å². The first-order valence-electron chi connectivity index (χ1n) is 6.50. The molecule has 1 unspecified atom stereocenters. The standard InChI is InChI=1S/C14H18N2OS/c1-16-11-7-6-10(15)8-12(11)18-13(14(16)17)9-4-2-3-5-9/h6-9,13H,2-5,15H2,1H3. The summed E-state index contributed by atoms with van der Waals surface area (Å²) in [5.74, 6) is 0.795. The predicted octanol–water partition coefficient (Wildman–Crippen LogP) is 2.90. The van der Waals surface area contributed by atoms with E-state index in [1.54, 1.807) is 16.7 Å². The van der Waals surface area contributed by atoms with Crippen LogP contribution in [0.2, 0.25) is 0 Å². The zero-order chi connectivity index (χ0) is 12.7. The number of nitrogens with two attached hydrogens (primary N) is 1. The normalized spacial score (nSPS) is 24.4. The number of hydrogen-bond acceptors (Lipinski definition) is 3. The molecule has 1 saturated carbocycles. The molecule has 1 aromatic carbocycles. The molecular weight excluding hydrogens is 244 g/mol. The molecule has 1 aliphatic heterocycles. The monoisotopic (exact) mass is 262 g/mol. The molecule has 0 aromatic heterocycles. The fourth-order valence-corrected chi connectivity index (χ4v) is 4.48. The maximum absolute atomic E-state index is 12.4. The number of anilines is 2. The van der Waals surface area contributed by atoms with Crippen LogP contribution in [0.3, 0.4) is 0 Å². The number of carbonyl (C=O) groups is 1. The first kappa shape index (κ1) is 11.9. The molecule has 1 fully saturated rings. The van der Waals surface area contributed by atoms with Gasteiger partial charge >= 0.3 is 0 Å². The summed E-state index contributed by atoms with van der Waals surface area (Å²) in [5, 5.41) is 0.0896. The van der Waals surface area contributed by atoms with Crippen LogP contribution in [0, 0.1) is 5.92 Å². The Morgan fingerprint density at radius 2 is 2.06 bits per heavy atom. The molecule has 0 saturated heterocycles. The average Bonchev–Trinajstić information content (AvgIpc) is 2.87. The average molecular weight is 262 g/mol. The highest BCUT2D eigenvalue weighted by molar-refractivity contribution is 8.01. The maximum Gasteiger partial charge on any atom is 0.240 e. The molecule has 1 aromatic rings. The van der Waals surface area contributed by atoms with Crippen molar-refractivity contribution in [3.8, 4) is 0 Å². The van der Waals surface area contributed by atoms with Crippen molar-refractivity contribution in [2.75, 3.05) is 17.7 Å². The van der Waals surface area contributed by atoms with Gasteiger partial charge < -0.3 is 10.6 Å². The largest absolute Gasteiger partial charge is 0.399 e. The molecule has 2 N–H and O–H groups in total. The van der Waals surface area contributed by atoms with Gasteiger partial charge in [0.2, 0.25) is 5.91 Å². The third-order valence-electron chi connectivity index (χ3n) is 4.00. The number of hydrogen-bond donors (Lipinski definition) is 1. The summed E-state index contributed by atoms with van der Waals surface area (Å²) in [4.78, 5) is 15.4. The van der Waals surface area contributed by atoms with Gasteiger partial charge in [0.05, 0.1) is 10.9 Å². The van der Waals surface area contributed by atoms with E-state index in [0.29, 0.717) is 5.92 Å². The molecule has 1 amide bonds. The highest BCUT2D eigenvalue weighted by Crippen LogP contribution is 2.45. The smallest absolute Gasteiger partial charge is 0.240 e. The summed E-state index contributed by atoms with van der Waals surface area (Å²) in [5.41, 5.74) is 7.61. The van der Waals surface area contributed by atoms with E-state index in [9.17, 15) is 4.79 Å². The second-order valence-corrected chi connectivity index (χ2v) is 6.39. The Morgan fingerprint density at radius 3 is 2.78 bits per heavy atom. The van der Waals surface area contributed by atoms with Gasteiger partial charge in [0.15, 0.2) is 0 Å². The van der Waals surface area contributed by atoms with Gasteiger partial charge in [-0.25, -0.2) is 0 Å². The van der Waals surface area contributed by atoms with Gasteiger partial charge in [-0.05, 0) is 37.0 Å². The number of amides is 1. The Balaban J connectivity index is 1.94. The minimum absolute atomic E-state index is 0.0896. The summed E-state index contributed by atoms with van der Waals surface area (Å²) in [6.07, 6.45) is 4.91. The molecule has 1 aliphatic carbocycles. The topological polar surface area (TPSA) is 46.3 Å². The summed E-state index contributed by atoms with van der Waals surface area (Å²) in [6.45, 7) is 0. The number of carbonyl (C=O) groups excluding carboxylic acids is 1. The van der Waals surface area contributed by atoms with Crippen LogP contribution >= 0.6 is 11.8 Å². The van der Waals surface area contributed by atoms with Gasteiger partial charge in [-0.1, -0.05) is 12.8 Å². The van der Waals surface area contributed by atoms with E-state index in [1.165, 1.54) is 25.7 Å². The zero-order valence-corrected chi connectivity index (χ0v) is 11.4. The van der Waals surface area contributed by atoms with Crippen LogP contribution in [0.25, 0.3) is 0 Å². The molecule has 3 nitrogen and oxygen atoms in total. The molecule has 1 atom stereocenters. The van der Waals surface area contributed by atoms with Gasteiger partial charge in [0, 0.05) is 17.6 Å². The number of benzene rings is 1. The van der Waals surface area contributed by atoms with Crippen molar-refractivity contribution in [2.24, 2.45) is 5.92 Å². The highest BCUT2D eigenvalue weighted by atomic mass is 32.2. The van der Waals surface area contributed by atoms with Gasteiger partial charge in [0.1, 0.15) is 0 Å². The number of nitrogen functional groups attached to an aromatic ring is 1. The lowest BCUT2D eigenvalue weighted by molar-refractivity contribution is -0.118. The Kier molecular flexibility index (Phi) is 2.98. The predicted molar refractivity (Wildman–Crippen MR) is 75.9 cm³/mol. The van der Waals surface area contributed by atoms with Gasteiger partial charge in [-0.15, -0.1) is 11.8 Å². The number of thioether (sulfide) groups is 1. The molecule has 0 bridgehead atoms. The Hall–Kier alpha value is -1.16. The third kappa shape index (κ3) is 1.88. The van der Waals surface area contributed by atoms with Crippen molar-refractivity contribution in [1.82, 2.24) is 0 Å². The van der Waals surface area contributed by atoms with Crippen molar-refractivity contribution < 1.29 is 4.79 Å². The van der Waals surface area contributed by atoms with E-state index in [1.807, 2.05) is 25.2 Å². The van der Waals surface area contributed by atoms with E-state index in [-0.39, 0.29) is 11.2 Å². The van der Waals surface area contributed by atoms with E-state index in [2.05, 4.69) is 0 Å². The van der Waals surface area contributed by atoms with Crippen LogP contribution in [-0.4, -0.2) is 18.2 Å². The molecule has 4 heteroatoms.